The third kappa shape index (κ3) is 3.08. The fraction of sp³-hybridized carbons (Fsp3) is 0.350. The maximum absolute atomic E-state index is 13.5. The second-order valence-corrected chi connectivity index (χ2v) is 7.36. The Bertz CT molecular complexity index is 1190. The van der Waals surface area contributed by atoms with Crippen molar-refractivity contribution < 1.29 is 4.92 Å². The van der Waals surface area contributed by atoms with Gasteiger partial charge in [0.2, 0.25) is 0 Å². The molecule has 4 rings (SSSR count). The van der Waals surface area contributed by atoms with E-state index in [4.69, 9.17) is 0 Å². The number of nitrogens with zero attached hydrogens (tertiary/aromatic N) is 5. The van der Waals surface area contributed by atoms with Crippen molar-refractivity contribution in [3.63, 3.8) is 0 Å². The number of aryl methyl sites for hydroxylation is 1. The van der Waals surface area contributed by atoms with E-state index >= 15 is 0 Å². The number of nitro groups is 1. The van der Waals surface area contributed by atoms with Crippen molar-refractivity contribution in [1.29, 1.82) is 0 Å². The zero-order valence-corrected chi connectivity index (χ0v) is 16.2. The first kappa shape index (κ1) is 18.9. The molecule has 0 N–H and O–H groups in total. The van der Waals surface area contributed by atoms with Gasteiger partial charge >= 0.3 is 16.9 Å². The molecule has 1 aromatic carbocycles. The molecule has 1 aliphatic rings. The first-order chi connectivity index (χ1) is 13.9. The lowest BCUT2D eigenvalue weighted by molar-refractivity contribution is -0.386. The third-order valence-electron chi connectivity index (χ3n) is 5.57. The van der Waals surface area contributed by atoms with Crippen LogP contribution in [0.1, 0.15) is 43.8 Å². The van der Waals surface area contributed by atoms with Crippen LogP contribution >= 0.6 is 0 Å². The predicted octanol–water partition coefficient (Wildman–Crippen LogP) is 2.65. The molecule has 0 saturated heterocycles. The van der Waals surface area contributed by atoms with E-state index in [0.29, 0.717) is 18.4 Å². The molecule has 9 heteroatoms. The molecule has 0 radical (unpaired) electrons. The lowest BCUT2D eigenvalue weighted by Gasteiger charge is -2.29. The summed E-state index contributed by atoms with van der Waals surface area (Å²) in [6.07, 6.45) is 5.23. The normalized spacial score (nSPS) is 15.1. The zero-order valence-electron chi connectivity index (χ0n) is 16.2. The van der Waals surface area contributed by atoms with Gasteiger partial charge in [-0.2, -0.15) is 5.10 Å². The fourth-order valence-corrected chi connectivity index (χ4v) is 3.82. The Labute approximate surface area is 166 Å². The van der Waals surface area contributed by atoms with Crippen molar-refractivity contribution in [3.8, 4) is 11.3 Å². The van der Waals surface area contributed by atoms with Gasteiger partial charge in [0.25, 0.3) is 0 Å². The van der Waals surface area contributed by atoms with E-state index in [9.17, 15) is 19.7 Å². The molecule has 9 nitrogen and oxygen atoms in total. The second kappa shape index (κ2) is 7.16. The van der Waals surface area contributed by atoms with Crippen molar-refractivity contribution in [2.45, 2.75) is 38.3 Å². The summed E-state index contributed by atoms with van der Waals surface area (Å²) in [5, 5.41) is 16.1. The van der Waals surface area contributed by atoms with E-state index in [2.05, 4.69) is 5.10 Å². The highest BCUT2D eigenvalue weighted by atomic mass is 16.6. The Morgan fingerprint density at radius 2 is 1.90 bits per heavy atom. The third-order valence-corrected chi connectivity index (χ3v) is 5.57. The summed E-state index contributed by atoms with van der Waals surface area (Å²) in [7, 11) is 1.67. The number of aromatic nitrogens is 4. The molecule has 0 aliphatic heterocycles. The van der Waals surface area contributed by atoms with Gasteiger partial charge in [-0.05, 0) is 31.7 Å². The fourth-order valence-electron chi connectivity index (χ4n) is 3.82. The Balaban J connectivity index is 2.10. The van der Waals surface area contributed by atoms with Gasteiger partial charge in [0.1, 0.15) is 5.69 Å². The Kier molecular flexibility index (Phi) is 4.65. The molecule has 0 spiro atoms. The minimum atomic E-state index is -0.847. The standard InChI is InChI=1S/C20H21N5O4/c1-13(14-7-4-3-5-8-14)23-17(15-11-21-22(2)12-15)18(25(28)29)19(26)24(20(23)27)16-9-6-10-16/h3-5,7-8,11-13,16H,6,9-10H2,1-2H3. The van der Waals surface area contributed by atoms with E-state index in [1.54, 1.807) is 20.2 Å². The molecule has 2 aromatic heterocycles. The number of rotatable bonds is 5. The monoisotopic (exact) mass is 395 g/mol. The predicted molar refractivity (Wildman–Crippen MR) is 107 cm³/mol. The maximum atomic E-state index is 13.5. The molecule has 0 amide bonds. The van der Waals surface area contributed by atoms with Crippen LogP contribution in [0.5, 0.6) is 0 Å². The summed E-state index contributed by atoms with van der Waals surface area (Å²) < 4.78 is 3.92. The molecule has 1 fully saturated rings. The van der Waals surface area contributed by atoms with Gasteiger partial charge in [-0.15, -0.1) is 0 Å². The van der Waals surface area contributed by atoms with Gasteiger partial charge in [-0.1, -0.05) is 30.3 Å². The molecule has 150 valence electrons. The van der Waals surface area contributed by atoms with E-state index < -0.39 is 27.9 Å². The minimum absolute atomic E-state index is 0.00923. The van der Waals surface area contributed by atoms with Gasteiger partial charge < -0.3 is 0 Å². The first-order valence-corrected chi connectivity index (χ1v) is 9.49. The summed E-state index contributed by atoms with van der Waals surface area (Å²) in [4.78, 5) is 37.8. The van der Waals surface area contributed by atoms with Crippen LogP contribution in [-0.4, -0.2) is 23.8 Å². The zero-order chi connectivity index (χ0) is 20.7. The summed E-state index contributed by atoms with van der Waals surface area (Å²) in [5.74, 6) is 0. The molecular formula is C20H21N5O4. The lowest BCUT2D eigenvalue weighted by Crippen LogP contribution is -2.46. The number of hydrogen-bond acceptors (Lipinski definition) is 5. The summed E-state index contributed by atoms with van der Waals surface area (Å²) in [6.45, 7) is 1.80. The number of benzene rings is 1. The summed E-state index contributed by atoms with van der Waals surface area (Å²) in [6, 6.07) is 8.45. The highest BCUT2D eigenvalue weighted by molar-refractivity contribution is 5.68. The van der Waals surface area contributed by atoms with Crippen molar-refractivity contribution >= 4 is 5.69 Å². The maximum Gasteiger partial charge on any atom is 0.358 e. The molecule has 29 heavy (non-hydrogen) atoms. The van der Waals surface area contributed by atoms with Crippen molar-refractivity contribution in [2.75, 3.05) is 0 Å². The Morgan fingerprint density at radius 1 is 1.21 bits per heavy atom. The van der Waals surface area contributed by atoms with Crippen LogP contribution in [0.2, 0.25) is 0 Å². The molecule has 1 saturated carbocycles. The van der Waals surface area contributed by atoms with Crippen LogP contribution < -0.4 is 11.2 Å². The van der Waals surface area contributed by atoms with Gasteiger partial charge in [-0.25, -0.2) is 4.79 Å². The lowest BCUT2D eigenvalue weighted by atomic mass is 9.93. The average molecular weight is 395 g/mol. The molecule has 1 unspecified atom stereocenters. The number of hydrogen-bond donors (Lipinski definition) is 0. The quantitative estimate of drug-likeness (QED) is 0.488. The SMILES string of the molecule is CC(c1ccccc1)n1c(-c2cnn(C)c2)c([N+](=O)[O-])c(=O)n(C2CCC2)c1=O. The van der Waals surface area contributed by atoms with Crippen molar-refractivity contribution in [3.05, 3.63) is 79.2 Å². The van der Waals surface area contributed by atoms with Crippen LogP contribution in [0, 0.1) is 10.1 Å². The van der Waals surface area contributed by atoms with E-state index in [0.717, 1.165) is 16.6 Å². The first-order valence-electron chi connectivity index (χ1n) is 9.49. The van der Waals surface area contributed by atoms with Crippen LogP contribution in [0.3, 0.4) is 0 Å². The molecular weight excluding hydrogens is 374 g/mol. The molecule has 1 aliphatic carbocycles. The Hall–Kier alpha value is -3.49. The van der Waals surface area contributed by atoms with Crippen molar-refractivity contribution in [1.82, 2.24) is 18.9 Å². The van der Waals surface area contributed by atoms with Gasteiger partial charge in [0.15, 0.2) is 0 Å². The largest absolute Gasteiger partial charge is 0.358 e. The molecule has 0 bridgehead atoms. The van der Waals surface area contributed by atoms with E-state index in [1.807, 2.05) is 30.3 Å². The summed E-state index contributed by atoms with van der Waals surface area (Å²) in [5.41, 5.74) is -0.803. The molecule has 1 atom stereocenters. The molecule has 3 aromatic rings. The van der Waals surface area contributed by atoms with Gasteiger partial charge in [0.05, 0.1) is 17.2 Å². The highest BCUT2D eigenvalue weighted by Gasteiger charge is 2.35. The second-order valence-electron chi connectivity index (χ2n) is 7.36. The Morgan fingerprint density at radius 3 is 2.41 bits per heavy atom. The van der Waals surface area contributed by atoms with E-state index in [-0.39, 0.29) is 11.7 Å². The smallest absolute Gasteiger partial charge is 0.279 e. The van der Waals surface area contributed by atoms with Gasteiger partial charge in [-0.3, -0.25) is 28.7 Å². The van der Waals surface area contributed by atoms with Crippen molar-refractivity contribution in [2.24, 2.45) is 7.05 Å². The van der Waals surface area contributed by atoms with Crippen LogP contribution in [0.25, 0.3) is 11.3 Å². The van der Waals surface area contributed by atoms with Crippen LogP contribution in [0.15, 0.2) is 52.3 Å². The minimum Gasteiger partial charge on any atom is -0.279 e. The topological polar surface area (TPSA) is 105 Å². The summed E-state index contributed by atoms with van der Waals surface area (Å²) >= 11 is 0. The van der Waals surface area contributed by atoms with E-state index in [1.165, 1.54) is 15.4 Å². The average Bonchev–Trinajstić information content (AvgIpc) is 3.09. The van der Waals surface area contributed by atoms with Crippen LogP contribution in [0.4, 0.5) is 5.69 Å². The van der Waals surface area contributed by atoms with Gasteiger partial charge in [0, 0.05) is 24.8 Å². The highest BCUT2D eigenvalue weighted by Crippen LogP contribution is 2.33. The van der Waals surface area contributed by atoms with Crippen LogP contribution in [-0.2, 0) is 7.05 Å². The molecule has 2 heterocycles.